The first-order valence-corrected chi connectivity index (χ1v) is 12.4. The number of urea groups is 1. The van der Waals surface area contributed by atoms with Crippen LogP contribution < -0.4 is 16.8 Å². The zero-order chi connectivity index (χ0) is 25.1. The Morgan fingerprint density at radius 3 is 2.38 bits per heavy atom. The summed E-state index contributed by atoms with van der Waals surface area (Å²) in [6.07, 6.45) is 1.43. The molecule has 190 valence electrons. The van der Waals surface area contributed by atoms with Gasteiger partial charge in [-0.3, -0.25) is 0 Å². The largest absolute Gasteiger partial charge is 0.424 e. The van der Waals surface area contributed by atoms with Gasteiger partial charge in [-0.15, -0.1) is 0 Å². The lowest BCUT2D eigenvalue weighted by atomic mass is 9.83. The van der Waals surface area contributed by atoms with Crippen molar-refractivity contribution in [2.24, 2.45) is 17.4 Å². The molecule has 0 bridgehead atoms. The molecule has 1 aromatic rings. The summed E-state index contributed by atoms with van der Waals surface area (Å²) >= 11 is 6.07. The van der Waals surface area contributed by atoms with Gasteiger partial charge in [-0.1, -0.05) is 36.9 Å². The van der Waals surface area contributed by atoms with Crippen LogP contribution in [0.25, 0.3) is 0 Å². The molecule has 10 heteroatoms. The molecule has 4 atom stereocenters. The quantitative estimate of drug-likeness (QED) is 0.501. The van der Waals surface area contributed by atoms with E-state index in [2.05, 4.69) is 5.32 Å². The lowest BCUT2D eigenvalue weighted by molar-refractivity contribution is -0.785. The van der Waals surface area contributed by atoms with E-state index in [1.54, 1.807) is 0 Å². The first-order chi connectivity index (χ1) is 16.0. The van der Waals surface area contributed by atoms with Gasteiger partial charge in [0.2, 0.25) is 0 Å². The summed E-state index contributed by atoms with van der Waals surface area (Å²) in [6, 6.07) is 1.07. The lowest BCUT2D eigenvalue weighted by Crippen LogP contribution is -2.67. The molecule has 3 rings (SSSR count). The number of likely N-dealkylation sites (tertiary alicyclic amines) is 1. The van der Waals surface area contributed by atoms with Crippen LogP contribution in [0.1, 0.15) is 63.0 Å². The molecule has 2 unspecified atom stereocenters. The molecule has 0 spiro atoms. The Labute approximate surface area is 203 Å². The van der Waals surface area contributed by atoms with Crippen molar-refractivity contribution in [3.63, 3.8) is 0 Å². The van der Waals surface area contributed by atoms with Crippen molar-refractivity contribution < 1.29 is 27.2 Å². The molecule has 2 fully saturated rings. The molecule has 1 aliphatic heterocycles. The van der Waals surface area contributed by atoms with E-state index in [0.717, 1.165) is 44.9 Å². The SMILES string of the molecule is C[C@@H]1CCC[N+]1(C(=O)NCc1cc(Cl)ccc1CC(N)C(F)(F)F)C(=O)[C@H](N)C1CCCCC1. The van der Waals surface area contributed by atoms with Gasteiger partial charge < -0.3 is 16.8 Å². The zero-order valence-electron chi connectivity index (χ0n) is 19.5. The highest BCUT2D eigenvalue weighted by Gasteiger charge is 2.55. The van der Waals surface area contributed by atoms with E-state index < -0.39 is 30.7 Å². The molecule has 0 aromatic heterocycles. The van der Waals surface area contributed by atoms with Crippen LogP contribution in [-0.2, 0) is 17.8 Å². The highest BCUT2D eigenvalue weighted by Crippen LogP contribution is 2.33. The number of amides is 3. The van der Waals surface area contributed by atoms with Crippen LogP contribution in [0.2, 0.25) is 5.02 Å². The Kier molecular flexibility index (Phi) is 8.65. The number of nitrogens with two attached hydrogens (primary N) is 2. The third-order valence-corrected chi connectivity index (χ3v) is 7.78. The minimum absolute atomic E-state index is 0.0576. The van der Waals surface area contributed by atoms with Gasteiger partial charge in [0.15, 0.2) is 0 Å². The topological polar surface area (TPSA) is 98.2 Å². The molecule has 1 heterocycles. The highest BCUT2D eigenvalue weighted by molar-refractivity contribution is 6.30. The number of halogens is 4. The third-order valence-electron chi connectivity index (χ3n) is 7.54. The van der Waals surface area contributed by atoms with Crippen molar-refractivity contribution >= 4 is 23.5 Å². The maximum atomic E-state index is 13.6. The molecule has 0 radical (unpaired) electrons. The van der Waals surface area contributed by atoms with Crippen LogP contribution in [-0.4, -0.2) is 47.3 Å². The molecular formula is C24H35ClF3N4O2+. The standard InChI is InChI=1S/C24H34ClF3N4O2/c1-15-6-5-11-32(15,22(33)21(30)16-7-3-2-4-8-16)23(34)31-14-18-12-19(25)10-9-17(18)13-20(29)24(26,27)28/h9-10,12,15-16,20-21H,2-8,11,13-14,29-30H2,1H3/p+1/t15-,20?,21-,32?/m1/s1. The van der Waals surface area contributed by atoms with Gasteiger partial charge >= 0.3 is 18.1 Å². The highest BCUT2D eigenvalue weighted by atomic mass is 35.5. The van der Waals surface area contributed by atoms with E-state index in [9.17, 15) is 22.8 Å². The fourth-order valence-electron chi connectivity index (χ4n) is 5.39. The van der Waals surface area contributed by atoms with E-state index in [0.29, 0.717) is 22.7 Å². The van der Waals surface area contributed by atoms with Crippen LogP contribution in [0.3, 0.4) is 0 Å². The van der Waals surface area contributed by atoms with E-state index in [-0.39, 0.29) is 28.9 Å². The number of hydrogen-bond donors (Lipinski definition) is 3. The molecule has 1 aliphatic carbocycles. The predicted molar refractivity (Wildman–Crippen MR) is 125 cm³/mol. The summed E-state index contributed by atoms with van der Waals surface area (Å²) in [5, 5.41) is 3.14. The zero-order valence-corrected chi connectivity index (χ0v) is 20.3. The molecular weight excluding hydrogens is 469 g/mol. The smallest absolute Gasteiger partial charge is 0.320 e. The number of nitrogens with zero attached hydrogens (tertiary/aromatic N) is 1. The Balaban J connectivity index is 1.78. The van der Waals surface area contributed by atoms with Gasteiger partial charge in [-0.05, 0) is 55.4 Å². The monoisotopic (exact) mass is 503 g/mol. The average molecular weight is 504 g/mol. The van der Waals surface area contributed by atoms with Crippen LogP contribution >= 0.6 is 11.6 Å². The van der Waals surface area contributed by atoms with Crippen molar-refractivity contribution in [3.05, 3.63) is 34.3 Å². The van der Waals surface area contributed by atoms with Crippen molar-refractivity contribution in [2.45, 2.75) is 89.1 Å². The fraction of sp³-hybridized carbons (Fsp3) is 0.667. The number of hydrogen-bond acceptors (Lipinski definition) is 4. The molecule has 34 heavy (non-hydrogen) atoms. The number of quaternary nitrogens is 1. The Hall–Kier alpha value is -1.68. The number of carbonyl (C=O) groups excluding carboxylic acids is 2. The fourth-order valence-corrected chi connectivity index (χ4v) is 5.58. The van der Waals surface area contributed by atoms with Gasteiger partial charge in [0.05, 0.1) is 6.54 Å². The molecule has 3 amide bonds. The van der Waals surface area contributed by atoms with Gasteiger partial charge in [-0.2, -0.15) is 17.7 Å². The van der Waals surface area contributed by atoms with E-state index in [1.807, 2.05) is 6.92 Å². The van der Waals surface area contributed by atoms with Crippen LogP contribution in [0.4, 0.5) is 18.0 Å². The van der Waals surface area contributed by atoms with Crippen LogP contribution in [0.5, 0.6) is 0 Å². The molecule has 1 saturated heterocycles. The Morgan fingerprint density at radius 2 is 1.79 bits per heavy atom. The molecule has 1 saturated carbocycles. The van der Waals surface area contributed by atoms with Gasteiger partial charge in [0.1, 0.15) is 18.1 Å². The summed E-state index contributed by atoms with van der Waals surface area (Å²) in [6.45, 7) is 2.19. The van der Waals surface area contributed by atoms with Crippen LogP contribution in [0, 0.1) is 5.92 Å². The second kappa shape index (κ2) is 10.9. The van der Waals surface area contributed by atoms with Gasteiger partial charge in [0.25, 0.3) is 0 Å². The predicted octanol–water partition coefficient (Wildman–Crippen LogP) is 4.42. The van der Waals surface area contributed by atoms with Crippen molar-refractivity contribution in [3.8, 4) is 0 Å². The summed E-state index contributed by atoms with van der Waals surface area (Å²) in [5.74, 6) is -0.194. The normalized spacial score (nSPS) is 25.7. The molecule has 2 aliphatic rings. The molecule has 6 nitrogen and oxygen atoms in total. The number of carbonyl (C=O) groups is 2. The van der Waals surface area contributed by atoms with E-state index in [4.69, 9.17) is 23.1 Å². The van der Waals surface area contributed by atoms with Gasteiger partial charge in [-0.25, -0.2) is 9.59 Å². The second-order valence-corrected chi connectivity index (χ2v) is 10.2. The number of imide groups is 1. The summed E-state index contributed by atoms with van der Waals surface area (Å²) in [5.41, 5.74) is 12.5. The molecule has 1 aromatic carbocycles. The van der Waals surface area contributed by atoms with Crippen molar-refractivity contribution in [2.75, 3.05) is 6.54 Å². The number of nitrogens with one attached hydrogen (secondary N) is 1. The number of rotatable bonds is 6. The Morgan fingerprint density at radius 1 is 1.12 bits per heavy atom. The van der Waals surface area contributed by atoms with E-state index >= 15 is 0 Å². The summed E-state index contributed by atoms with van der Waals surface area (Å²) in [4.78, 5) is 27.1. The van der Waals surface area contributed by atoms with Gasteiger partial charge in [0, 0.05) is 24.4 Å². The lowest BCUT2D eigenvalue weighted by Gasteiger charge is -2.37. The summed E-state index contributed by atoms with van der Waals surface area (Å²) < 4.78 is 38.6. The number of benzene rings is 1. The van der Waals surface area contributed by atoms with E-state index in [1.165, 1.54) is 18.2 Å². The first-order valence-electron chi connectivity index (χ1n) is 12.0. The second-order valence-electron chi connectivity index (χ2n) is 9.77. The Bertz CT molecular complexity index is 891. The average Bonchev–Trinajstić information content (AvgIpc) is 3.19. The number of alkyl halides is 3. The maximum Gasteiger partial charge on any atom is 0.424 e. The van der Waals surface area contributed by atoms with Crippen molar-refractivity contribution in [1.82, 2.24) is 5.32 Å². The molecule has 5 N–H and O–H groups in total. The first kappa shape index (κ1) is 26.9. The maximum absolute atomic E-state index is 13.6. The van der Waals surface area contributed by atoms with Crippen molar-refractivity contribution in [1.29, 1.82) is 0 Å². The van der Waals surface area contributed by atoms with Crippen LogP contribution in [0.15, 0.2) is 18.2 Å². The third kappa shape index (κ3) is 5.75. The summed E-state index contributed by atoms with van der Waals surface area (Å²) in [7, 11) is 0. The minimum Gasteiger partial charge on any atom is -0.320 e. The minimum atomic E-state index is -4.54.